The predicted molar refractivity (Wildman–Crippen MR) is 63.0 cm³/mol. The zero-order valence-electron chi connectivity index (χ0n) is 8.48. The molecule has 1 aliphatic rings. The number of nitrogens with one attached hydrogen (secondary N) is 1. The molecule has 1 fully saturated rings. The van der Waals surface area contributed by atoms with Crippen molar-refractivity contribution in [2.24, 2.45) is 0 Å². The van der Waals surface area contributed by atoms with E-state index in [1.807, 2.05) is 24.3 Å². The number of aromatic nitrogens is 2. The fourth-order valence-electron chi connectivity index (χ4n) is 1.58. The Morgan fingerprint density at radius 3 is 2.62 bits per heavy atom. The standard InChI is InChI=1S/C11H10BrN3O/c12-9-3-1-7(2-4-9)10-14-11(16-15-10)8-5-13-6-8/h1-4,8,13H,5-6H2. The molecule has 0 radical (unpaired) electrons. The normalized spacial score (nSPS) is 16.1. The summed E-state index contributed by atoms with van der Waals surface area (Å²) < 4.78 is 6.28. The zero-order valence-corrected chi connectivity index (χ0v) is 10.1. The number of rotatable bonds is 2. The van der Waals surface area contributed by atoms with Crippen LogP contribution in [0.1, 0.15) is 11.8 Å². The van der Waals surface area contributed by atoms with Crippen molar-refractivity contribution in [1.82, 2.24) is 15.5 Å². The largest absolute Gasteiger partial charge is 0.339 e. The maximum atomic E-state index is 5.24. The SMILES string of the molecule is Brc1ccc(-c2noc(C3CNC3)n2)cc1. The zero-order chi connectivity index (χ0) is 11.0. The van der Waals surface area contributed by atoms with E-state index in [1.54, 1.807) is 0 Å². The molecule has 0 spiro atoms. The summed E-state index contributed by atoms with van der Waals surface area (Å²) in [5, 5.41) is 7.17. The first-order chi connectivity index (χ1) is 7.83. The van der Waals surface area contributed by atoms with Gasteiger partial charge >= 0.3 is 0 Å². The van der Waals surface area contributed by atoms with Gasteiger partial charge in [-0.3, -0.25) is 0 Å². The van der Waals surface area contributed by atoms with E-state index in [0.29, 0.717) is 11.7 Å². The highest BCUT2D eigenvalue weighted by Gasteiger charge is 2.25. The van der Waals surface area contributed by atoms with Gasteiger partial charge in [0.1, 0.15) is 0 Å². The number of hydrogen-bond donors (Lipinski definition) is 1. The Bertz CT molecular complexity index is 490. The van der Waals surface area contributed by atoms with E-state index in [-0.39, 0.29) is 0 Å². The van der Waals surface area contributed by atoms with Gasteiger partial charge in [-0.1, -0.05) is 21.1 Å². The molecule has 0 atom stereocenters. The van der Waals surface area contributed by atoms with Gasteiger partial charge in [0.05, 0.1) is 5.92 Å². The Morgan fingerprint density at radius 2 is 2.00 bits per heavy atom. The van der Waals surface area contributed by atoms with Crippen LogP contribution in [0.15, 0.2) is 33.3 Å². The molecule has 0 aliphatic carbocycles. The molecule has 1 aromatic heterocycles. The molecule has 1 saturated heterocycles. The van der Waals surface area contributed by atoms with Crippen molar-refractivity contribution in [2.75, 3.05) is 13.1 Å². The van der Waals surface area contributed by atoms with Gasteiger partial charge in [0, 0.05) is 23.1 Å². The monoisotopic (exact) mass is 279 g/mol. The first-order valence-corrected chi connectivity index (χ1v) is 5.92. The minimum absolute atomic E-state index is 0.386. The number of hydrogen-bond acceptors (Lipinski definition) is 4. The average Bonchev–Trinajstić information content (AvgIpc) is 2.65. The maximum Gasteiger partial charge on any atom is 0.232 e. The van der Waals surface area contributed by atoms with Gasteiger partial charge in [-0.25, -0.2) is 0 Å². The summed E-state index contributed by atoms with van der Waals surface area (Å²) in [6.07, 6.45) is 0. The molecule has 0 saturated carbocycles. The molecule has 16 heavy (non-hydrogen) atoms. The molecule has 3 rings (SSSR count). The lowest BCUT2D eigenvalue weighted by molar-refractivity contribution is 0.308. The fraction of sp³-hybridized carbons (Fsp3) is 0.273. The van der Waals surface area contributed by atoms with Crippen LogP contribution in [0, 0.1) is 0 Å². The van der Waals surface area contributed by atoms with Crippen LogP contribution in [0.25, 0.3) is 11.4 Å². The first kappa shape index (κ1) is 9.99. The topological polar surface area (TPSA) is 51.0 Å². The van der Waals surface area contributed by atoms with Gasteiger partial charge in [0.2, 0.25) is 11.7 Å². The van der Waals surface area contributed by atoms with Crippen LogP contribution in [0.5, 0.6) is 0 Å². The highest BCUT2D eigenvalue weighted by molar-refractivity contribution is 9.10. The van der Waals surface area contributed by atoms with Crippen LogP contribution in [0.2, 0.25) is 0 Å². The van der Waals surface area contributed by atoms with Crippen LogP contribution < -0.4 is 5.32 Å². The van der Waals surface area contributed by atoms with Crippen LogP contribution in [-0.2, 0) is 0 Å². The molecule has 82 valence electrons. The average molecular weight is 280 g/mol. The quantitative estimate of drug-likeness (QED) is 0.916. The van der Waals surface area contributed by atoms with E-state index in [0.717, 1.165) is 29.0 Å². The molecule has 1 aliphatic heterocycles. The van der Waals surface area contributed by atoms with E-state index >= 15 is 0 Å². The van der Waals surface area contributed by atoms with Crippen molar-refractivity contribution in [1.29, 1.82) is 0 Å². The summed E-state index contributed by atoms with van der Waals surface area (Å²) in [5.41, 5.74) is 0.977. The molecular formula is C11H10BrN3O. The predicted octanol–water partition coefficient (Wildman–Crippen LogP) is 2.19. The molecular weight excluding hydrogens is 270 g/mol. The number of nitrogens with zero attached hydrogens (tertiary/aromatic N) is 2. The van der Waals surface area contributed by atoms with Crippen molar-refractivity contribution in [2.45, 2.75) is 5.92 Å². The highest BCUT2D eigenvalue weighted by atomic mass is 79.9. The van der Waals surface area contributed by atoms with Crippen molar-refractivity contribution in [3.8, 4) is 11.4 Å². The summed E-state index contributed by atoms with van der Waals surface area (Å²) in [6, 6.07) is 7.88. The lowest BCUT2D eigenvalue weighted by Crippen LogP contribution is -2.40. The second kappa shape index (κ2) is 3.99. The van der Waals surface area contributed by atoms with Gasteiger partial charge in [0.15, 0.2) is 0 Å². The van der Waals surface area contributed by atoms with Gasteiger partial charge in [-0.05, 0) is 24.3 Å². The van der Waals surface area contributed by atoms with E-state index in [4.69, 9.17) is 4.52 Å². The molecule has 1 aromatic carbocycles. The third kappa shape index (κ3) is 1.76. The van der Waals surface area contributed by atoms with Crippen molar-refractivity contribution in [3.63, 3.8) is 0 Å². The summed E-state index contributed by atoms with van der Waals surface area (Å²) in [7, 11) is 0. The third-order valence-corrected chi connectivity index (χ3v) is 3.20. The van der Waals surface area contributed by atoms with Gasteiger partial charge in [-0.2, -0.15) is 4.98 Å². The van der Waals surface area contributed by atoms with Crippen LogP contribution in [0.3, 0.4) is 0 Å². The summed E-state index contributed by atoms with van der Waals surface area (Å²) in [6.45, 7) is 1.87. The Labute approximate surface area is 101 Å². The van der Waals surface area contributed by atoms with Gasteiger partial charge in [0.25, 0.3) is 0 Å². The Balaban J connectivity index is 1.88. The second-order valence-electron chi connectivity index (χ2n) is 3.82. The van der Waals surface area contributed by atoms with Crippen molar-refractivity contribution < 1.29 is 4.52 Å². The molecule has 5 heteroatoms. The highest BCUT2D eigenvalue weighted by Crippen LogP contribution is 2.23. The lowest BCUT2D eigenvalue weighted by Gasteiger charge is -2.22. The summed E-state index contributed by atoms with van der Waals surface area (Å²) in [4.78, 5) is 4.40. The van der Waals surface area contributed by atoms with E-state index < -0.39 is 0 Å². The minimum atomic E-state index is 0.386. The van der Waals surface area contributed by atoms with Gasteiger partial charge < -0.3 is 9.84 Å². The van der Waals surface area contributed by atoms with E-state index in [1.165, 1.54) is 0 Å². The number of benzene rings is 1. The molecule has 2 aromatic rings. The van der Waals surface area contributed by atoms with Gasteiger partial charge in [-0.15, -0.1) is 0 Å². The summed E-state index contributed by atoms with van der Waals surface area (Å²) in [5.74, 6) is 1.78. The Morgan fingerprint density at radius 1 is 1.25 bits per heavy atom. The van der Waals surface area contributed by atoms with Crippen molar-refractivity contribution in [3.05, 3.63) is 34.6 Å². The van der Waals surface area contributed by atoms with Crippen LogP contribution >= 0.6 is 15.9 Å². The molecule has 0 bridgehead atoms. The molecule has 4 nitrogen and oxygen atoms in total. The fourth-order valence-corrected chi connectivity index (χ4v) is 1.84. The molecule has 1 N–H and O–H groups in total. The maximum absolute atomic E-state index is 5.24. The lowest BCUT2D eigenvalue weighted by atomic mass is 10.0. The number of halogens is 1. The smallest absolute Gasteiger partial charge is 0.232 e. The Kier molecular flexibility index (Phi) is 2.49. The molecule has 0 unspecified atom stereocenters. The van der Waals surface area contributed by atoms with Crippen LogP contribution in [-0.4, -0.2) is 23.2 Å². The molecule has 0 amide bonds. The minimum Gasteiger partial charge on any atom is -0.339 e. The molecule has 2 heterocycles. The first-order valence-electron chi connectivity index (χ1n) is 5.13. The Hall–Kier alpha value is -1.20. The summed E-state index contributed by atoms with van der Waals surface area (Å²) >= 11 is 3.39. The van der Waals surface area contributed by atoms with E-state index in [2.05, 4.69) is 31.4 Å². The van der Waals surface area contributed by atoms with Crippen LogP contribution in [0.4, 0.5) is 0 Å². The van der Waals surface area contributed by atoms with E-state index in [9.17, 15) is 0 Å². The van der Waals surface area contributed by atoms with Crippen molar-refractivity contribution >= 4 is 15.9 Å². The second-order valence-corrected chi connectivity index (χ2v) is 4.73. The third-order valence-electron chi connectivity index (χ3n) is 2.67.